The summed E-state index contributed by atoms with van der Waals surface area (Å²) >= 11 is -1.17. The number of carbonyl (C=O) groups excluding carboxylic acids is 1. The van der Waals surface area contributed by atoms with Crippen LogP contribution in [0.4, 0.5) is 0 Å². The van der Waals surface area contributed by atoms with Crippen molar-refractivity contribution >= 4 is 25.3 Å². The molecule has 0 spiro atoms. The van der Waals surface area contributed by atoms with Crippen LogP contribution in [0.15, 0.2) is 30.3 Å². The van der Waals surface area contributed by atoms with Gasteiger partial charge in [0.05, 0.1) is 0 Å². The molecule has 0 aliphatic rings. The molecule has 0 aliphatic carbocycles. The van der Waals surface area contributed by atoms with Gasteiger partial charge >= 0.3 is 119 Å². The number of rotatable bonds is 9. The second-order valence-electron chi connectivity index (χ2n) is 4.66. The molecule has 0 atom stereocenters. The Hall–Kier alpha value is -0.0304. The van der Waals surface area contributed by atoms with Gasteiger partial charge in [-0.05, 0) is 0 Å². The Morgan fingerprint density at radius 2 is 1.53 bits per heavy atom. The van der Waals surface area contributed by atoms with Gasteiger partial charge in [0, 0.05) is 0 Å². The average Bonchev–Trinajstić information content (AvgIpc) is 2.42. The van der Waals surface area contributed by atoms with E-state index in [1.54, 1.807) is 0 Å². The zero-order valence-electron chi connectivity index (χ0n) is 12.0. The van der Waals surface area contributed by atoms with Crippen LogP contribution in [-0.2, 0) is 0 Å². The molecular formula is C16H25ClOTe. The molecule has 1 rings (SSSR count). The summed E-state index contributed by atoms with van der Waals surface area (Å²) in [5.41, 5.74) is 0.913. The standard InChI is InChI=1S/C16H25OTe.ClH/c1-3-5-12-18(13-6-4-2)14-16(17)15-10-8-7-9-11-15;/h7-11H,3-6,12-14H2,1-2H3;1H/q+1;/p-1. The third-order valence-corrected chi connectivity index (χ3v) is 9.86. The van der Waals surface area contributed by atoms with E-state index < -0.39 is 19.6 Å². The van der Waals surface area contributed by atoms with Crippen molar-refractivity contribution in [2.24, 2.45) is 0 Å². The molecule has 0 heterocycles. The van der Waals surface area contributed by atoms with E-state index in [0.29, 0.717) is 5.78 Å². The van der Waals surface area contributed by atoms with E-state index >= 15 is 0 Å². The first-order chi connectivity index (χ1) is 8.77. The van der Waals surface area contributed by atoms with Gasteiger partial charge in [-0.1, -0.05) is 0 Å². The number of halogens is 1. The van der Waals surface area contributed by atoms with E-state index in [9.17, 15) is 4.79 Å². The Kier molecular flexibility index (Phi) is 11.7. The quantitative estimate of drug-likeness (QED) is 0.461. The first-order valence-electron chi connectivity index (χ1n) is 7.00. The van der Waals surface area contributed by atoms with Crippen LogP contribution in [0.1, 0.15) is 49.9 Å². The van der Waals surface area contributed by atoms with Crippen molar-refractivity contribution < 1.29 is 17.2 Å². The monoisotopic (exact) mass is 398 g/mol. The Bertz CT molecular complexity index is 332. The number of Topliss-reactive ketones (excluding diaryl/α,β-unsaturated/α-hetero) is 1. The van der Waals surface area contributed by atoms with Crippen LogP contribution < -0.4 is 12.4 Å². The number of hydrogen-bond donors (Lipinski definition) is 0. The minimum atomic E-state index is -1.17. The number of ketones is 1. The van der Waals surface area contributed by atoms with Gasteiger partial charge in [-0.15, -0.1) is 0 Å². The van der Waals surface area contributed by atoms with Crippen LogP contribution in [0, 0.1) is 0 Å². The van der Waals surface area contributed by atoms with Crippen LogP contribution in [0.2, 0.25) is 13.4 Å². The molecule has 1 aromatic rings. The summed E-state index contributed by atoms with van der Waals surface area (Å²) in [5, 5.41) is 0. The molecule has 0 amide bonds. The largest absolute Gasteiger partial charge is 1.00 e. The Labute approximate surface area is 131 Å². The van der Waals surface area contributed by atoms with Crippen molar-refractivity contribution in [3.63, 3.8) is 0 Å². The molecule has 0 radical (unpaired) electrons. The van der Waals surface area contributed by atoms with Gasteiger partial charge in [-0.25, -0.2) is 0 Å². The van der Waals surface area contributed by atoms with Crippen molar-refractivity contribution in [3.8, 4) is 0 Å². The molecule has 0 N–H and O–H groups in total. The van der Waals surface area contributed by atoms with Crippen LogP contribution in [0.25, 0.3) is 0 Å². The van der Waals surface area contributed by atoms with Crippen LogP contribution >= 0.6 is 0 Å². The molecule has 1 nitrogen and oxygen atoms in total. The molecule has 19 heavy (non-hydrogen) atoms. The molecule has 1 aromatic carbocycles. The molecule has 0 saturated carbocycles. The number of unbranched alkanes of at least 4 members (excludes halogenated alkanes) is 2. The molecule has 0 aromatic heterocycles. The van der Waals surface area contributed by atoms with Gasteiger partial charge in [0.2, 0.25) is 0 Å². The number of hydrogen-bond acceptors (Lipinski definition) is 1. The average molecular weight is 396 g/mol. The van der Waals surface area contributed by atoms with E-state index in [1.165, 1.54) is 34.6 Å². The van der Waals surface area contributed by atoms with Crippen LogP contribution in [0.3, 0.4) is 0 Å². The summed E-state index contributed by atoms with van der Waals surface area (Å²) in [5.74, 6) is 0.388. The van der Waals surface area contributed by atoms with Crippen LogP contribution in [0.5, 0.6) is 0 Å². The maximum absolute atomic E-state index is 12.2. The molecular weight excluding hydrogens is 371 g/mol. The number of benzene rings is 1. The van der Waals surface area contributed by atoms with Crippen molar-refractivity contribution in [2.45, 2.75) is 52.9 Å². The third kappa shape index (κ3) is 7.98. The maximum Gasteiger partial charge on any atom is -1.00 e. The first kappa shape index (κ1) is 19.0. The predicted molar refractivity (Wildman–Crippen MR) is 80.8 cm³/mol. The summed E-state index contributed by atoms with van der Waals surface area (Å²) in [6.07, 6.45) is 5.18. The summed E-state index contributed by atoms with van der Waals surface area (Å²) < 4.78 is 3.64. The van der Waals surface area contributed by atoms with E-state index in [-0.39, 0.29) is 12.4 Å². The normalized spacial score (nSPS) is 10.3. The fourth-order valence-electron chi connectivity index (χ4n) is 1.84. The van der Waals surface area contributed by atoms with Crippen LogP contribution in [-0.4, -0.2) is 25.3 Å². The van der Waals surface area contributed by atoms with Gasteiger partial charge in [0.25, 0.3) is 0 Å². The van der Waals surface area contributed by atoms with E-state index in [0.717, 1.165) is 10.0 Å². The number of carbonyl (C=O) groups is 1. The van der Waals surface area contributed by atoms with E-state index in [4.69, 9.17) is 0 Å². The SMILES string of the molecule is CCCC[Te+](CCCC)CC(=O)c1ccccc1.[Cl-]. The summed E-state index contributed by atoms with van der Waals surface area (Å²) in [4.78, 5) is 12.2. The summed E-state index contributed by atoms with van der Waals surface area (Å²) in [6, 6.07) is 9.82. The van der Waals surface area contributed by atoms with Gasteiger partial charge in [-0.2, -0.15) is 0 Å². The second kappa shape index (κ2) is 11.8. The Morgan fingerprint density at radius 1 is 1.00 bits per heavy atom. The van der Waals surface area contributed by atoms with Crippen molar-refractivity contribution in [1.82, 2.24) is 0 Å². The maximum atomic E-state index is 12.2. The molecule has 0 unspecified atom stereocenters. The molecule has 0 saturated heterocycles. The summed E-state index contributed by atoms with van der Waals surface area (Å²) in [7, 11) is 0. The van der Waals surface area contributed by atoms with E-state index in [1.807, 2.05) is 30.3 Å². The van der Waals surface area contributed by atoms with Crippen molar-refractivity contribution in [3.05, 3.63) is 35.9 Å². The first-order valence-corrected chi connectivity index (χ1v) is 11.9. The zero-order chi connectivity index (χ0) is 13.2. The van der Waals surface area contributed by atoms with Gasteiger partial charge in [-0.3, -0.25) is 0 Å². The second-order valence-corrected chi connectivity index (χ2v) is 11.3. The molecule has 0 aliphatic heterocycles. The third-order valence-electron chi connectivity index (χ3n) is 3.00. The molecule has 0 fully saturated rings. The topological polar surface area (TPSA) is 17.1 Å². The molecule has 0 bridgehead atoms. The van der Waals surface area contributed by atoms with Crippen molar-refractivity contribution in [2.75, 3.05) is 0 Å². The van der Waals surface area contributed by atoms with Gasteiger partial charge in [0.1, 0.15) is 0 Å². The smallest absolute Gasteiger partial charge is 1.00 e. The minimum absolute atomic E-state index is 0. The minimum Gasteiger partial charge on any atom is -1.00 e. The van der Waals surface area contributed by atoms with E-state index in [2.05, 4.69) is 13.8 Å². The van der Waals surface area contributed by atoms with Gasteiger partial charge < -0.3 is 12.4 Å². The molecule has 108 valence electrons. The fraction of sp³-hybridized carbons (Fsp3) is 0.562. The fourth-order valence-corrected chi connectivity index (χ4v) is 8.75. The Balaban J connectivity index is 0.00000324. The molecule has 3 heteroatoms. The zero-order valence-corrected chi connectivity index (χ0v) is 15.1. The Morgan fingerprint density at radius 3 is 2.00 bits per heavy atom. The summed E-state index contributed by atoms with van der Waals surface area (Å²) in [6.45, 7) is 4.49. The predicted octanol–water partition coefficient (Wildman–Crippen LogP) is 1.97. The van der Waals surface area contributed by atoms with Gasteiger partial charge in [0.15, 0.2) is 0 Å². The van der Waals surface area contributed by atoms with Crippen molar-refractivity contribution in [1.29, 1.82) is 0 Å².